The molecule has 146 valence electrons. The van der Waals surface area contributed by atoms with E-state index in [2.05, 4.69) is 20.9 Å². The van der Waals surface area contributed by atoms with Crippen LogP contribution < -0.4 is 16.0 Å². The fourth-order valence-electron chi connectivity index (χ4n) is 2.39. The Morgan fingerprint density at radius 1 is 1.00 bits per heavy atom. The van der Waals surface area contributed by atoms with Crippen LogP contribution in [0.25, 0.3) is 0 Å². The van der Waals surface area contributed by atoms with Crippen molar-refractivity contribution in [1.82, 2.24) is 15.6 Å². The van der Waals surface area contributed by atoms with Gasteiger partial charge in [0.15, 0.2) is 0 Å². The molecule has 1 aromatic heterocycles. The smallest absolute Gasteiger partial charge is 0.255 e. The van der Waals surface area contributed by atoms with E-state index in [0.717, 1.165) is 18.0 Å². The minimum atomic E-state index is -0.175. The highest BCUT2D eigenvalue weighted by Crippen LogP contribution is 2.27. The molecule has 1 fully saturated rings. The van der Waals surface area contributed by atoms with Gasteiger partial charge in [-0.25, -0.2) is 0 Å². The van der Waals surface area contributed by atoms with Crippen LogP contribution in [0, 0.1) is 5.92 Å². The molecule has 1 heterocycles. The Hall–Kier alpha value is -2.15. The summed E-state index contributed by atoms with van der Waals surface area (Å²) in [5.74, 6) is 0.574. The third-order valence-corrected chi connectivity index (χ3v) is 4.06. The maximum atomic E-state index is 12.2. The van der Waals surface area contributed by atoms with Crippen molar-refractivity contribution in [2.75, 3.05) is 18.4 Å². The van der Waals surface area contributed by atoms with Crippen LogP contribution in [0.3, 0.4) is 0 Å². The van der Waals surface area contributed by atoms with Gasteiger partial charge in [-0.2, -0.15) is 0 Å². The molecule has 0 atom stereocenters. The zero-order chi connectivity index (χ0) is 17.5. The number of carbonyl (C=O) groups excluding carboxylic acids is 2. The van der Waals surface area contributed by atoms with Crippen molar-refractivity contribution in [2.24, 2.45) is 5.92 Å². The van der Waals surface area contributed by atoms with Crippen molar-refractivity contribution in [2.45, 2.75) is 19.4 Å². The van der Waals surface area contributed by atoms with E-state index in [0.29, 0.717) is 24.3 Å². The number of hydrogen-bond donors (Lipinski definition) is 3. The van der Waals surface area contributed by atoms with Crippen LogP contribution in [0.5, 0.6) is 0 Å². The average Bonchev–Trinajstić information content (AvgIpc) is 3.45. The number of pyridine rings is 1. The summed E-state index contributed by atoms with van der Waals surface area (Å²) in [6.45, 7) is 1.73. The first kappa shape index (κ1) is 22.9. The molecule has 0 bridgehead atoms. The van der Waals surface area contributed by atoms with Gasteiger partial charge in [0.25, 0.3) is 5.91 Å². The largest absolute Gasteiger partial charge is 0.351 e. The van der Waals surface area contributed by atoms with Gasteiger partial charge < -0.3 is 16.0 Å². The number of anilines is 1. The Kier molecular flexibility index (Phi) is 9.78. The van der Waals surface area contributed by atoms with Gasteiger partial charge in [0, 0.05) is 30.2 Å². The maximum Gasteiger partial charge on any atom is 0.255 e. The zero-order valence-electron chi connectivity index (χ0n) is 14.8. The number of halogens is 2. The van der Waals surface area contributed by atoms with Crippen molar-refractivity contribution in [1.29, 1.82) is 0 Å². The number of nitrogens with one attached hydrogen (secondary N) is 3. The van der Waals surface area contributed by atoms with Gasteiger partial charge >= 0.3 is 0 Å². The number of hydrogen-bond acceptors (Lipinski definition) is 4. The molecular weight excluding hydrogens is 387 g/mol. The van der Waals surface area contributed by atoms with Crippen LogP contribution in [0.1, 0.15) is 28.8 Å². The number of amides is 2. The van der Waals surface area contributed by atoms with Crippen molar-refractivity contribution >= 4 is 42.3 Å². The van der Waals surface area contributed by atoms with Gasteiger partial charge in [-0.05, 0) is 55.1 Å². The van der Waals surface area contributed by atoms with Gasteiger partial charge in [-0.1, -0.05) is 12.1 Å². The lowest BCUT2D eigenvalue weighted by atomic mass is 10.1. The fourth-order valence-corrected chi connectivity index (χ4v) is 2.39. The minimum absolute atomic E-state index is 0. The number of carbonyl (C=O) groups is 2. The molecule has 0 unspecified atom stereocenters. The van der Waals surface area contributed by atoms with Crippen LogP contribution in [0.2, 0.25) is 0 Å². The summed E-state index contributed by atoms with van der Waals surface area (Å²) in [6, 6.07) is 10.7. The lowest BCUT2D eigenvalue weighted by Crippen LogP contribution is -2.34. The first-order valence-corrected chi connectivity index (χ1v) is 8.48. The lowest BCUT2D eigenvalue weighted by molar-refractivity contribution is -0.120. The molecule has 3 rings (SSSR count). The fraction of sp³-hybridized carbons (Fsp3) is 0.316. The Labute approximate surface area is 171 Å². The highest BCUT2D eigenvalue weighted by atomic mass is 35.5. The van der Waals surface area contributed by atoms with E-state index in [1.807, 2.05) is 12.1 Å². The summed E-state index contributed by atoms with van der Waals surface area (Å²) in [4.78, 5) is 27.8. The molecule has 0 radical (unpaired) electrons. The van der Waals surface area contributed by atoms with E-state index in [1.54, 1.807) is 36.7 Å². The monoisotopic (exact) mass is 410 g/mol. The van der Waals surface area contributed by atoms with Crippen molar-refractivity contribution < 1.29 is 9.59 Å². The van der Waals surface area contributed by atoms with Crippen LogP contribution in [-0.4, -0.2) is 29.9 Å². The van der Waals surface area contributed by atoms with Gasteiger partial charge in [-0.15, -0.1) is 24.8 Å². The predicted molar refractivity (Wildman–Crippen MR) is 111 cm³/mol. The van der Waals surface area contributed by atoms with Crippen molar-refractivity contribution in [3.8, 4) is 0 Å². The Morgan fingerprint density at radius 3 is 2.30 bits per heavy atom. The van der Waals surface area contributed by atoms with Crippen molar-refractivity contribution in [3.05, 3.63) is 59.9 Å². The molecule has 8 heteroatoms. The molecule has 2 aromatic rings. The van der Waals surface area contributed by atoms with E-state index < -0.39 is 0 Å². The molecular formula is C19H24Cl2N4O2. The van der Waals surface area contributed by atoms with E-state index in [9.17, 15) is 9.59 Å². The second-order valence-corrected chi connectivity index (χ2v) is 6.24. The van der Waals surface area contributed by atoms with E-state index >= 15 is 0 Å². The van der Waals surface area contributed by atoms with Crippen LogP contribution in [0.15, 0.2) is 48.8 Å². The summed E-state index contributed by atoms with van der Waals surface area (Å²) in [7, 11) is 0. The van der Waals surface area contributed by atoms with Gasteiger partial charge in [0.05, 0.1) is 6.54 Å². The molecule has 27 heavy (non-hydrogen) atoms. The predicted octanol–water partition coefficient (Wildman–Crippen LogP) is 2.79. The topological polar surface area (TPSA) is 83.1 Å². The normalized spacial score (nSPS) is 12.3. The Bertz CT molecular complexity index is 722. The molecule has 2 amide bonds. The summed E-state index contributed by atoms with van der Waals surface area (Å²) < 4.78 is 0. The summed E-state index contributed by atoms with van der Waals surface area (Å²) in [6.07, 6.45) is 5.80. The molecule has 6 nitrogen and oxygen atoms in total. The highest BCUT2D eigenvalue weighted by molar-refractivity contribution is 6.04. The minimum Gasteiger partial charge on any atom is -0.351 e. The van der Waals surface area contributed by atoms with E-state index in [1.165, 1.54) is 12.8 Å². The summed E-state index contributed by atoms with van der Waals surface area (Å²) in [5, 5.41) is 8.84. The van der Waals surface area contributed by atoms with E-state index in [-0.39, 0.29) is 36.6 Å². The molecule has 1 aromatic carbocycles. The van der Waals surface area contributed by atoms with Crippen LogP contribution >= 0.6 is 24.8 Å². The third-order valence-electron chi connectivity index (χ3n) is 4.06. The number of nitrogens with zero attached hydrogens (tertiary/aromatic N) is 1. The van der Waals surface area contributed by atoms with Crippen molar-refractivity contribution in [3.63, 3.8) is 0 Å². The standard InChI is InChI=1S/C19H22N4O2.2ClH/c24-18(13-21-11-14-1-2-14)22-12-15-3-5-16(6-4-15)19(25)23-17-7-9-20-10-8-17;;/h3-10,14,21H,1-2,11-13H2,(H,22,24)(H,20,23,25);2*1H. The zero-order valence-corrected chi connectivity index (χ0v) is 16.4. The molecule has 1 saturated carbocycles. The second kappa shape index (κ2) is 11.5. The first-order chi connectivity index (χ1) is 12.2. The molecule has 1 aliphatic rings. The summed E-state index contributed by atoms with van der Waals surface area (Å²) in [5.41, 5.74) is 2.23. The first-order valence-electron chi connectivity index (χ1n) is 8.48. The van der Waals surface area contributed by atoms with Gasteiger partial charge in [0.1, 0.15) is 0 Å². The SMILES string of the molecule is Cl.Cl.O=C(CNCC1CC1)NCc1ccc(C(=O)Nc2ccncc2)cc1. The molecule has 0 saturated heterocycles. The molecule has 0 aliphatic heterocycles. The quantitative estimate of drug-likeness (QED) is 0.624. The van der Waals surface area contributed by atoms with E-state index in [4.69, 9.17) is 0 Å². The third kappa shape index (κ3) is 7.95. The van der Waals surface area contributed by atoms with Gasteiger partial charge in [-0.3, -0.25) is 14.6 Å². The molecule has 1 aliphatic carbocycles. The Morgan fingerprint density at radius 2 is 1.67 bits per heavy atom. The van der Waals surface area contributed by atoms with Crippen LogP contribution in [0.4, 0.5) is 5.69 Å². The van der Waals surface area contributed by atoms with Gasteiger partial charge in [0.2, 0.25) is 5.91 Å². The molecule has 3 N–H and O–H groups in total. The number of rotatable bonds is 8. The van der Waals surface area contributed by atoms with Crippen LogP contribution in [-0.2, 0) is 11.3 Å². The maximum absolute atomic E-state index is 12.2. The highest BCUT2D eigenvalue weighted by Gasteiger charge is 2.20. The average molecular weight is 411 g/mol. The number of benzene rings is 1. The Balaban J connectivity index is 0.00000182. The second-order valence-electron chi connectivity index (χ2n) is 6.24. The lowest BCUT2D eigenvalue weighted by Gasteiger charge is -2.08. The molecule has 0 spiro atoms. The summed E-state index contributed by atoms with van der Waals surface area (Å²) >= 11 is 0. The number of aromatic nitrogens is 1.